The molecule has 0 aromatic carbocycles. The Kier molecular flexibility index (Phi) is 2.96. The zero-order valence-corrected chi connectivity index (χ0v) is 11.5. The summed E-state index contributed by atoms with van der Waals surface area (Å²) in [6.07, 6.45) is 3.14. The molecule has 3 rings (SSSR count). The van der Waals surface area contributed by atoms with E-state index >= 15 is 0 Å². The molecular weight excluding hydrogens is 212 g/mol. The van der Waals surface area contributed by atoms with Crippen molar-refractivity contribution in [3.05, 3.63) is 0 Å². The van der Waals surface area contributed by atoms with Crippen molar-refractivity contribution in [1.82, 2.24) is 9.80 Å². The van der Waals surface area contributed by atoms with E-state index in [4.69, 9.17) is 4.74 Å². The van der Waals surface area contributed by atoms with Crippen LogP contribution in [0.4, 0.5) is 0 Å². The molecule has 17 heavy (non-hydrogen) atoms. The molecule has 0 aromatic rings. The van der Waals surface area contributed by atoms with Crippen LogP contribution in [0.25, 0.3) is 0 Å². The molecule has 0 radical (unpaired) electrons. The molecule has 0 spiro atoms. The van der Waals surface area contributed by atoms with Gasteiger partial charge < -0.3 is 14.5 Å². The summed E-state index contributed by atoms with van der Waals surface area (Å²) in [5.41, 5.74) is 0.520. The molecule has 1 aliphatic carbocycles. The van der Waals surface area contributed by atoms with Crippen LogP contribution in [0.3, 0.4) is 0 Å². The number of hydrogen-bond acceptors (Lipinski definition) is 3. The number of hydrogen-bond donors (Lipinski definition) is 0. The van der Waals surface area contributed by atoms with Crippen molar-refractivity contribution in [2.75, 3.05) is 39.8 Å². The highest BCUT2D eigenvalue weighted by Gasteiger charge is 2.49. The molecule has 98 valence electrons. The van der Waals surface area contributed by atoms with Gasteiger partial charge in [0.15, 0.2) is 0 Å². The lowest BCUT2D eigenvalue weighted by Crippen LogP contribution is -2.52. The van der Waals surface area contributed by atoms with Crippen molar-refractivity contribution < 1.29 is 4.74 Å². The third kappa shape index (κ3) is 2.38. The maximum Gasteiger partial charge on any atom is 0.0538 e. The maximum absolute atomic E-state index is 5.83. The molecular formula is C14H26N2O. The lowest BCUT2D eigenvalue weighted by molar-refractivity contribution is 0.0332. The molecule has 0 N–H and O–H groups in total. The van der Waals surface area contributed by atoms with Gasteiger partial charge in [0, 0.05) is 43.6 Å². The van der Waals surface area contributed by atoms with Gasteiger partial charge in [-0.25, -0.2) is 0 Å². The molecule has 2 atom stereocenters. The summed E-state index contributed by atoms with van der Waals surface area (Å²) in [4.78, 5) is 5.20. The quantitative estimate of drug-likeness (QED) is 0.721. The van der Waals surface area contributed by atoms with Gasteiger partial charge in [0.1, 0.15) is 0 Å². The molecule has 0 bridgehead atoms. The molecule has 1 saturated carbocycles. The fourth-order valence-corrected chi connectivity index (χ4v) is 3.46. The summed E-state index contributed by atoms with van der Waals surface area (Å²) in [5.74, 6) is 0.960. The summed E-state index contributed by atoms with van der Waals surface area (Å²) in [6.45, 7) is 10.5. The first-order valence-corrected chi connectivity index (χ1v) is 7.12. The Labute approximate surface area is 105 Å². The maximum atomic E-state index is 5.83. The van der Waals surface area contributed by atoms with Crippen molar-refractivity contribution in [3.8, 4) is 0 Å². The smallest absolute Gasteiger partial charge is 0.0538 e. The van der Waals surface area contributed by atoms with Crippen LogP contribution in [-0.4, -0.2) is 61.8 Å². The van der Waals surface area contributed by atoms with Gasteiger partial charge in [-0.05, 0) is 33.7 Å². The van der Waals surface area contributed by atoms with Crippen molar-refractivity contribution in [2.45, 2.75) is 38.8 Å². The minimum Gasteiger partial charge on any atom is -0.378 e. The van der Waals surface area contributed by atoms with Crippen molar-refractivity contribution in [1.29, 1.82) is 0 Å². The van der Waals surface area contributed by atoms with Gasteiger partial charge >= 0.3 is 0 Å². The van der Waals surface area contributed by atoms with E-state index in [1.807, 2.05) is 0 Å². The summed E-state index contributed by atoms with van der Waals surface area (Å²) in [7, 11) is 2.26. The van der Waals surface area contributed by atoms with Gasteiger partial charge in [0.2, 0.25) is 0 Å². The predicted octanol–water partition coefficient (Wildman–Crippen LogP) is 1.44. The van der Waals surface area contributed by atoms with E-state index in [0.717, 1.165) is 18.6 Å². The third-order valence-corrected chi connectivity index (χ3v) is 4.81. The van der Waals surface area contributed by atoms with Crippen molar-refractivity contribution in [3.63, 3.8) is 0 Å². The van der Waals surface area contributed by atoms with Crippen LogP contribution >= 0.6 is 0 Å². The Balaban J connectivity index is 1.47. The Morgan fingerprint density at radius 2 is 2.00 bits per heavy atom. The molecule has 0 amide bonds. The third-order valence-electron chi connectivity index (χ3n) is 4.81. The summed E-state index contributed by atoms with van der Waals surface area (Å²) in [6, 6.07) is 0.858. The summed E-state index contributed by atoms with van der Waals surface area (Å²) >= 11 is 0. The number of rotatable bonds is 5. The fourth-order valence-electron chi connectivity index (χ4n) is 3.46. The predicted molar refractivity (Wildman–Crippen MR) is 69.1 cm³/mol. The van der Waals surface area contributed by atoms with Gasteiger partial charge in [-0.3, -0.25) is 0 Å². The first-order valence-electron chi connectivity index (χ1n) is 7.12. The van der Waals surface area contributed by atoms with E-state index in [-0.39, 0.29) is 0 Å². The fraction of sp³-hybridized carbons (Fsp3) is 1.00. The van der Waals surface area contributed by atoms with E-state index in [1.165, 1.54) is 39.0 Å². The summed E-state index contributed by atoms with van der Waals surface area (Å²) in [5, 5.41) is 0. The Morgan fingerprint density at radius 1 is 1.24 bits per heavy atom. The van der Waals surface area contributed by atoms with Crippen LogP contribution in [-0.2, 0) is 4.74 Å². The van der Waals surface area contributed by atoms with E-state index in [1.54, 1.807) is 0 Å². The number of fused-ring (bicyclic) bond motifs is 1. The highest BCUT2D eigenvalue weighted by molar-refractivity contribution is 5.03. The van der Waals surface area contributed by atoms with Gasteiger partial charge in [-0.1, -0.05) is 0 Å². The molecule has 3 nitrogen and oxygen atoms in total. The largest absolute Gasteiger partial charge is 0.378 e. The van der Waals surface area contributed by atoms with Crippen LogP contribution in [0.1, 0.15) is 26.7 Å². The summed E-state index contributed by atoms with van der Waals surface area (Å²) < 4.78 is 5.83. The second kappa shape index (κ2) is 4.22. The van der Waals surface area contributed by atoms with Gasteiger partial charge in [0.25, 0.3) is 0 Å². The minimum atomic E-state index is 0.383. The minimum absolute atomic E-state index is 0.383. The Morgan fingerprint density at radius 3 is 2.53 bits per heavy atom. The van der Waals surface area contributed by atoms with E-state index in [9.17, 15) is 0 Å². The molecule has 2 heterocycles. The standard InChI is InChI=1S/C14H26N2O/c1-11(2)17-10-14(4-5-14)9-16-7-12-6-15(3)13(12)8-16/h11-13H,4-10H2,1-3H3. The Bertz CT molecular complexity index is 288. The van der Waals surface area contributed by atoms with Gasteiger partial charge in [-0.2, -0.15) is 0 Å². The Hall–Kier alpha value is -0.120. The molecule has 3 heteroatoms. The molecule has 2 unspecified atom stereocenters. The number of likely N-dealkylation sites (N-methyl/N-ethyl adjacent to an activating group) is 1. The van der Waals surface area contributed by atoms with Crippen LogP contribution < -0.4 is 0 Å². The number of nitrogens with zero attached hydrogens (tertiary/aromatic N) is 2. The van der Waals surface area contributed by atoms with Crippen LogP contribution in [0.5, 0.6) is 0 Å². The monoisotopic (exact) mass is 238 g/mol. The lowest BCUT2D eigenvalue weighted by atomic mass is 9.93. The average Bonchev–Trinajstić information content (AvgIpc) is 2.95. The lowest BCUT2D eigenvalue weighted by Gasteiger charge is -2.40. The van der Waals surface area contributed by atoms with Gasteiger partial charge in [0.05, 0.1) is 12.7 Å². The second-order valence-electron chi connectivity index (χ2n) is 6.82. The topological polar surface area (TPSA) is 15.7 Å². The molecule has 3 aliphatic rings. The molecule has 3 fully saturated rings. The zero-order valence-electron chi connectivity index (χ0n) is 11.5. The van der Waals surface area contributed by atoms with E-state index in [0.29, 0.717) is 11.5 Å². The number of ether oxygens (including phenoxy) is 1. The average molecular weight is 238 g/mol. The van der Waals surface area contributed by atoms with Crippen LogP contribution in [0.15, 0.2) is 0 Å². The first-order chi connectivity index (χ1) is 8.08. The highest BCUT2D eigenvalue weighted by Crippen LogP contribution is 2.47. The zero-order chi connectivity index (χ0) is 12.0. The van der Waals surface area contributed by atoms with Crippen LogP contribution in [0, 0.1) is 11.3 Å². The highest BCUT2D eigenvalue weighted by atomic mass is 16.5. The normalized spacial score (nSPS) is 36.0. The van der Waals surface area contributed by atoms with Crippen molar-refractivity contribution >= 4 is 0 Å². The number of likely N-dealkylation sites (tertiary alicyclic amines) is 2. The first kappa shape index (κ1) is 11.9. The SMILES string of the molecule is CC(C)OCC1(CN2CC3CN(C)C3C2)CC1. The molecule has 2 aliphatic heterocycles. The molecule has 2 saturated heterocycles. The molecule has 0 aromatic heterocycles. The van der Waals surface area contributed by atoms with Gasteiger partial charge in [-0.15, -0.1) is 0 Å². The van der Waals surface area contributed by atoms with E-state index in [2.05, 4.69) is 30.7 Å². The second-order valence-corrected chi connectivity index (χ2v) is 6.82. The van der Waals surface area contributed by atoms with Crippen molar-refractivity contribution in [2.24, 2.45) is 11.3 Å². The van der Waals surface area contributed by atoms with Crippen LogP contribution in [0.2, 0.25) is 0 Å². The van der Waals surface area contributed by atoms with E-state index < -0.39 is 0 Å².